The van der Waals surface area contributed by atoms with Gasteiger partial charge in [0.05, 0.1) is 25.8 Å². The molecule has 5 aromatic rings. The first-order valence-corrected chi connectivity index (χ1v) is 16.7. The summed E-state index contributed by atoms with van der Waals surface area (Å²) in [6.07, 6.45) is 0. The Morgan fingerprint density at radius 3 is 2.35 bits per heavy atom. The van der Waals surface area contributed by atoms with Crippen LogP contribution in [-0.2, 0) is 21.9 Å². The smallest absolute Gasteiger partial charge is 0.301 e. The zero-order chi connectivity index (χ0) is 33.8. The van der Waals surface area contributed by atoms with E-state index in [4.69, 9.17) is 25.8 Å². The average Bonchev–Trinajstić information content (AvgIpc) is 3.68. The zero-order valence-electron chi connectivity index (χ0n) is 25.6. The fourth-order valence-corrected chi connectivity index (χ4v) is 7.06. The van der Waals surface area contributed by atoms with Gasteiger partial charge in [0.1, 0.15) is 12.4 Å². The van der Waals surface area contributed by atoms with Gasteiger partial charge in [-0.25, -0.2) is 4.39 Å². The fraction of sp³-hybridized carbons (Fsp3) is 0.143. The molecule has 244 valence electrons. The van der Waals surface area contributed by atoms with Crippen molar-refractivity contribution in [3.05, 3.63) is 130 Å². The third-order valence-electron chi connectivity index (χ3n) is 7.49. The number of rotatable bonds is 11. The van der Waals surface area contributed by atoms with Crippen molar-refractivity contribution in [2.75, 3.05) is 19.1 Å². The first-order valence-electron chi connectivity index (χ1n) is 14.5. The van der Waals surface area contributed by atoms with E-state index in [1.807, 2.05) is 42.5 Å². The van der Waals surface area contributed by atoms with E-state index in [2.05, 4.69) is 10.2 Å². The summed E-state index contributed by atoms with van der Waals surface area (Å²) in [6, 6.07) is 24.6. The van der Waals surface area contributed by atoms with E-state index >= 15 is 0 Å². The highest BCUT2D eigenvalue weighted by Crippen LogP contribution is 2.46. The molecule has 1 N–H and O–H groups in total. The molecule has 48 heavy (non-hydrogen) atoms. The van der Waals surface area contributed by atoms with Crippen LogP contribution < -0.4 is 19.1 Å². The second kappa shape index (κ2) is 14.5. The number of aliphatic hydroxyl groups is 1. The number of carbonyl (C=O) groups is 2. The SMILES string of the molecule is COc1ccc(C(O)=C2C(=O)C(=O)N(c3nnc(SCc4ccc(Cl)cc4)s3)[C@H]2c2ccc(OCc3ccccc3)c(OC)c2)cc1F. The van der Waals surface area contributed by atoms with Gasteiger partial charge in [-0.2, -0.15) is 0 Å². The molecule has 4 aromatic carbocycles. The first-order chi connectivity index (χ1) is 23.3. The Morgan fingerprint density at radius 1 is 0.917 bits per heavy atom. The number of methoxy groups -OCH3 is 2. The van der Waals surface area contributed by atoms with Gasteiger partial charge in [0.2, 0.25) is 5.13 Å². The number of halogens is 2. The molecule has 0 unspecified atom stereocenters. The summed E-state index contributed by atoms with van der Waals surface area (Å²) in [5, 5.41) is 20.8. The molecule has 2 heterocycles. The van der Waals surface area contributed by atoms with Crippen LogP contribution in [0.1, 0.15) is 28.3 Å². The van der Waals surface area contributed by atoms with Crippen LogP contribution in [0, 0.1) is 5.82 Å². The molecule has 1 fully saturated rings. The van der Waals surface area contributed by atoms with Crippen LogP contribution in [0.2, 0.25) is 5.02 Å². The molecule has 0 saturated carbocycles. The highest BCUT2D eigenvalue weighted by molar-refractivity contribution is 8.00. The Hall–Kier alpha value is -4.91. The molecule has 13 heteroatoms. The van der Waals surface area contributed by atoms with E-state index in [0.717, 1.165) is 28.5 Å². The Balaban J connectivity index is 1.39. The van der Waals surface area contributed by atoms with Crippen molar-refractivity contribution in [3.8, 4) is 17.2 Å². The first kappa shape index (κ1) is 33.0. The fourth-order valence-electron chi connectivity index (χ4n) is 5.11. The van der Waals surface area contributed by atoms with Crippen molar-refractivity contribution in [2.24, 2.45) is 0 Å². The van der Waals surface area contributed by atoms with Crippen molar-refractivity contribution in [1.29, 1.82) is 0 Å². The molecule has 0 aliphatic carbocycles. The number of hydrogen-bond acceptors (Lipinski definition) is 10. The van der Waals surface area contributed by atoms with Gasteiger partial charge >= 0.3 is 5.91 Å². The van der Waals surface area contributed by atoms with Crippen molar-refractivity contribution >= 4 is 57.3 Å². The number of hydrogen-bond donors (Lipinski definition) is 1. The lowest BCUT2D eigenvalue weighted by Crippen LogP contribution is -2.29. The van der Waals surface area contributed by atoms with Gasteiger partial charge in [0.15, 0.2) is 27.4 Å². The molecule has 1 aliphatic rings. The van der Waals surface area contributed by atoms with Crippen molar-refractivity contribution in [2.45, 2.75) is 22.7 Å². The Kier molecular flexibility index (Phi) is 9.95. The second-order valence-corrected chi connectivity index (χ2v) is 13.1. The summed E-state index contributed by atoms with van der Waals surface area (Å²) in [5.74, 6) is -1.92. The summed E-state index contributed by atoms with van der Waals surface area (Å²) in [6.45, 7) is 0.277. The van der Waals surface area contributed by atoms with E-state index in [9.17, 15) is 19.1 Å². The largest absolute Gasteiger partial charge is 0.507 e. The number of nitrogens with zero attached hydrogens (tertiary/aromatic N) is 3. The number of ether oxygens (including phenoxy) is 3. The third kappa shape index (κ3) is 6.86. The molecule has 9 nitrogen and oxygen atoms in total. The Labute approximate surface area is 288 Å². The second-order valence-electron chi connectivity index (χ2n) is 10.5. The minimum absolute atomic E-state index is 0.0115. The Morgan fingerprint density at radius 2 is 1.65 bits per heavy atom. The highest BCUT2D eigenvalue weighted by atomic mass is 35.5. The summed E-state index contributed by atoms with van der Waals surface area (Å²) in [4.78, 5) is 28.6. The van der Waals surface area contributed by atoms with Crippen molar-refractivity contribution in [1.82, 2.24) is 10.2 Å². The van der Waals surface area contributed by atoms with Gasteiger partial charge < -0.3 is 19.3 Å². The topological polar surface area (TPSA) is 111 Å². The van der Waals surface area contributed by atoms with Crippen LogP contribution in [0.4, 0.5) is 9.52 Å². The summed E-state index contributed by atoms with van der Waals surface area (Å²) in [5.41, 5.74) is 2.11. The molecule has 1 saturated heterocycles. The average molecular weight is 704 g/mol. The van der Waals surface area contributed by atoms with Gasteiger partial charge in [0, 0.05) is 16.3 Å². The number of aliphatic hydroxyl groups excluding tert-OH is 1. The number of carbonyl (C=O) groups excluding carboxylic acids is 2. The van der Waals surface area contributed by atoms with Crippen LogP contribution >= 0.6 is 34.7 Å². The number of aromatic nitrogens is 2. The number of Topliss-reactive ketones (excluding diaryl/α,β-unsaturated/α-hetero) is 1. The van der Waals surface area contributed by atoms with Crippen molar-refractivity contribution < 1.29 is 33.3 Å². The number of benzene rings is 4. The standard InChI is InChI=1S/C35H27ClFN3O6S2/c1-44-26-14-11-23(16-25(26)37)31(41)29-30(22-10-15-27(28(17-22)45-2)46-18-20-6-4-3-5-7-20)40(33(43)32(29)42)34-38-39-35(48-34)47-19-21-8-12-24(36)13-9-21/h3-17,30,41H,18-19H2,1-2H3/t30-/m0/s1. The summed E-state index contributed by atoms with van der Waals surface area (Å²) < 4.78 is 31.9. The maximum absolute atomic E-state index is 14.7. The highest BCUT2D eigenvalue weighted by Gasteiger charge is 2.48. The lowest BCUT2D eigenvalue weighted by molar-refractivity contribution is -0.132. The van der Waals surface area contributed by atoms with Crippen LogP contribution in [0.15, 0.2) is 101 Å². The third-order valence-corrected chi connectivity index (χ3v) is 9.87. The Bertz CT molecular complexity index is 2010. The lowest BCUT2D eigenvalue weighted by Gasteiger charge is -2.23. The van der Waals surface area contributed by atoms with E-state index in [1.54, 1.807) is 30.3 Å². The quantitative estimate of drug-likeness (QED) is 0.0484. The van der Waals surface area contributed by atoms with Gasteiger partial charge in [-0.05, 0) is 59.2 Å². The number of thioether (sulfide) groups is 1. The zero-order valence-corrected chi connectivity index (χ0v) is 27.9. The summed E-state index contributed by atoms with van der Waals surface area (Å²) in [7, 11) is 2.79. The maximum atomic E-state index is 14.7. The molecular formula is C35H27ClFN3O6S2. The molecule has 1 amide bonds. The van der Waals surface area contributed by atoms with Crippen LogP contribution in [0.5, 0.6) is 17.2 Å². The number of ketones is 1. The molecule has 1 aromatic heterocycles. The molecule has 1 aliphatic heterocycles. The van der Waals surface area contributed by atoms with Crippen LogP contribution in [0.3, 0.4) is 0 Å². The van der Waals surface area contributed by atoms with E-state index in [-0.39, 0.29) is 28.6 Å². The molecule has 0 radical (unpaired) electrons. The van der Waals surface area contributed by atoms with E-state index < -0.39 is 29.3 Å². The predicted molar refractivity (Wildman–Crippen MR) is 182 cm³/mol. The molecule has 1 atom stereocenters. The molecule has 6 rings (SSSR count). The van der Waals surface area contributed by atoms with Gasteiger partial charge in [-0.3, -0.25) is 14.5 Å². The van der Waals surface area contributed by atoms with Crippen molar-refractivity contribution in [3.63, 3.8) is 0 Å². The van der Waals surface area contributed by atoms with Gasteiger partial charge in [-0.15, -0.1) is 10.2 Å². The lowest BCUT2D eigenvalue weighted by atomic mass is 9.95. The monoisotopic (exact) mass is 703 g/mol. The predicted octanol–water partition coefficient (Wildman–Crippen LogP) is 7.85. The molecule has 0 bridgehead atoms. The normalized spacial score (nSPS) is 15.5. The minimum Gasteiger partial charge on any atom is -0.507 e. The number of anilines is 1. The number of amides is 1. The maximum Gasteiger partial charge on any atom is 0.301 e. The van der Waals surface area contributed by atoms with Crippen LogP contribution in [-0.4, -0.2) is 41.2 Å². The molecule has 0 spiro atoms. The van der Waals surface area contributed by atoms with Gasteiger partial charge in [0.25, 0.3) is 5.78 Å². The van der Waals surface area contributed by atoms with E-state index in [0.29, 0.717) is 32.2 Å². The van der Waals surface area contributed by atoms with E-state index in [1.165, 1.54) is 43.0 Å². The minimum atomic E-state index is -1.16. The summed E-state index contributed by atoms with van der Waals surface area (Å²) >= 11 is 8.53. The van der Waals surface area contributed by atoms with Gasteiger partial charge in [-0.1, -0.05) is 83.2 Å². The van der Waals surface area contributed by atoms with Crippen LogP contribution in [0.25, 0.3) is 5.76 Å². The molecular weight excluding hydrogens is 677 g/mol.